The summed E-state index contributed by atoms with van der Waals surface area (Å²) in [5.41, 5.74) is 1.93. The molecule has 1 atom stereocenters. The van der Waals surface area contributed by atoms with Gasteiger partial charge in [0.2, 0.25) is 0 Å². The predicted octanol–water partition coefficient (Wildman–Crippen LogP) is 3.45. The van der Waals surface area contributed by atoms with Crippen LogP contribution in [0.3, 0.4) is 0 Å². The maximum absolute atomic E-state index is 12.7. The van der Waals surface area contributed by atoms with Gasteiger partial charge in [-0.2, -0.15) is 9.61 Å². The standard InChI is InChI=1S/C18H20N4OS/c1-2-14-11-17(22-16(20-14)7-8-19-22)21-9-3-5-13(12-21)18(23)15-6-4-10-24-15/h4,6-8,10-11,13H,2-3,5,9,12H2,1H3/t13-/m1/s1. The number of Topliss-reactive ketones (excluding diaryl/α,β-unsaturated/α-hetero) is 1. The van der Waals surface area contributed by atoms with Gasteiger partial charge in [-0.15, -0.1) is 11.3 Å². The van der Waals surface area contributed by atoms with Gasteiger partial charge < -0.3 is 4.90 Å². The molecule has 0 bridgehead atoms. The topological polar surface area (TPSA) is 50.5 Å². The number of carbonyl (C=O) groups excluding carboxylic acids is 1. The van der Waals surface area contributed by atoms with Crippen molar-refractivity contribution in [1.29, 1.82) is 0 Å². The Kier molecular flexibility index (Phi) is 4.06. The van der Waals surface area contributed by atoms with Crippen LogP contribution in [0, 0.1) is 5.92 Å². The second-order valence-corrected chi connectivity index (χ2v) is 7.13. The third-order valence-corrected chi connectivity index (χ3v) is 5.52. The van der Waals surface area contributed by atoms with Gasteiger partial charge in [-0.05, 0) is 30.7 Å². The number of ketones is 1. The molecule has 3 aromatic heterocycles. The first kappa shape index (κ1) is 15.3. The third-order valence-electron chi connectivity index (χ3n) is 4.64. The van der Waals surface area contributed by atoms with Crippen molar-refractivity contribution in [2.45, 2.75) is 26.2 Å². The fourth-order valence-corrected chi connectivity index (χ4v) is 4.12. The molecule has 1 aliphatic heterocycles. The van der Waals surface area contributed by atoms with Crippen LogP contribution in [0.2, 0.25) is 0 Å². The quantitative estimate of drug-likeness (QED) is 0.683. The summed E-state index contributed by atoms with van der Waals surface area (Å²) in [5, 5.41) is 6.39. The lowest BCUT2D eigenvalue weighted by molar-refractivity contribution is 0.0911. The maximum Gasteiger partial charge on any atom is 0.177 e. The van der Waals surface area contributed by atoms with E-state index in [2.05, 4.69) is 28.0 Å². The Morgan fingerprint density at radius 3 is 3.12 bits per heavy atom. The van der Waals surface area contributed by atoms with E-state index in [0.717, 1.165) is 54.4 Å². The van der Waals surface area contributed by atoms with Crippen LogP contribution in [-0.4, -0.2) is 33.5 Å². The first-order valence-corrected chi connectivity index (χ1v) is 9.30. The summed E-state index contributed by atoms with van der Waals surface area (Å²) >= 11 is 1.54. The summed E-state index contributed by atoms with van der Waals surface area (Å²) < 4.78 is 1.89. The summed E-state index contributed by atoms with van der Waals surface area (Å²) in [6, 6.07) is 7.92. The van der Waals surface area contributed by atoms with Crippen LogP contribution in [0.5, 0.6) is 0 Å². The van der Waals surface area contributed by atoms with Gasteiger partial charge in [0.15, 0.2) is 11.4 Å². The summed E-state index contributed by atoms with van der Waals surface area (Å²) in [7, 11) is 0. The summed E-state index contributed by atoms with van der Waals surface area (Å²) in [6.45, 7) is 3.81. The maximum atomic E-state index is 12.7. The molecule has 0 N–H and O–H groups in total. The highest BCUT2D eigenvalue weighted by Gasteiger charge is 2.28. The molecule has 4 heterocycles. The highest BCUT2D eigenvalue weighted by Crippen LogP contribution is 2.27. The number of rotatable bonds is 4. The first-order chi connectivity index (χ1) is 11.8. The van der Waals surface area contributed by atoms with Gasteiger partial charge in [-0.1, -0.05) is 13.0 Å². The molecule has 0 unspecified atom stereocenters. The van der Waals surface area contributed by atoms with E-state index >= 15 is 0 Å². The molecule has 4 rings (SSSR count). The van der Waals surface area contributed by atoms with E-state index in [1.807, 2.05) is 28.1 Å². The number of hydrogen-bond donors (Lipinski definition) is 0. The lowest BCUT2D eigenvalue weighted by atomic mass is 9.93. The van der Waals surface area contributed by atoms with Gasteiger partial charge in [-0.25, -0.2) is 4.98 Å². The monoisotopic (exact) mass is 340 g/mol. The Labute approximate surface area is 144 Å². The number of anilines is 1. The minimum atomic E-state index is 0.0567. The van der Waals surface area contributed by atoms with Gasteiger partial charge in [0.05, 0.1) is 11.1 Å². The van der Waals surface area contributed by atoms with Gasteiger partial charge in [0.1, 0.15) is 5.82 Å². The fraction of sp³-hybridized carbons (Fsp3) is 0.389. The minimum Gasteiger partial charge on any atom is -0.356 e. The summed E-state index contributed by atoms with van der Waals surface area (Å²) in [4.78, 5) is 20.5. The largest absolute Gasteiger partial charge is 0.356 e. The van der Waals surface area contributed by atoms with Crippen LogP contribution in [0.4, 0.5) is 5.82 Å². The third kappa shape index (κ3) is 2.71. The summed E-state index contributed by atoms with van der Waals surface area (Å²) in [5.74, 6) is 1.38. The average Bonchev–Trinajstić information content (AvgIpc) is 3.31. The zero-order valence-corrected chi connectivity index (χ0v) is 14.5. The van der Waals surface area contributed by atoms with Crippen LogP contribution in [0.1, 0.15) is 35.1 Å². The minimum absolute atomic E-state index is 0.0567. The zero-order valence-electron chi connectivity index (χ0n) is 13.7. The molecule has 3 aromatic rings. The molecule has 0 spiro atoms. The number of aromatic nitrogens is 3. The first-order valence-electron chi connectivity index (χ1n) is 8.42. The van der Waals surface area contributed by atoms with Crippen molar-refractivity contribution in [2.75, 3.05) is 18.0 Å². The highest BCUT2D eigenvalue weighted by molar-refractivity contribution is 7.12. The molecule has 1 saturated heterocycles. The van der Waals surface area contributed by atoms with Crippen LogP contribution in [0.15, 0.2) is 35.8 Å². The van der Waals surface area contributed by atoms with E-state index in [1.165, 1.54) is 11.3 Å². The predicted molar refractivity (Wildman–Crippen MR) is 96.0 cm³/mol. The lowest BCUT2D eigenvalue weighted by Crippen LogP contribution is -2.39. The molecule has 0 aromatic carbocycles. The van der Waals surface area contributed by atoms with Crippen molar-refractivity contribution in [1.82, 2.24) is 14.6 Å². The second kappa shape index (κ2) is 6.36. The Bertz CT molecular complexity index is 855. The van der Waals surface area contributed by atoms with Gasteiger partial charge in [0, 0.05) is 36.8 Å². The van der Waals surface area contributed by atoms with Gasteiger partial charge in [0.25, 0.3) is 0 Å². The average molecular weight is 340 g/mol. The lowest BCUT2D eigenvalue weighted by Gasteiger charge is -2.33. The van der Waals surface area contributed by atoms with Crippen molar-refractivity contribution in [3.05, 3.63) is 46.4 Å². The SMILES string of the molecule is CCc1cc(N2CCC[C@@H](C(=O)c3cccs3)C2)n2nccc2n1. The molecule has 0 aliphatic carbocycles. The summed E-state index contributed by atoms with van der Waals surface area (Å²) in [6.07, 6.45) is 4.65. The Hall–Kier alpha value is -2.21. The molecule has 0 amide bonds. The Morgan fingerprint density at radius 2 is 2.33 bits per heavy atom. The number of nitrogens with zero attached hydrogens (tertiary/aromatic N) is 4. The molecule has 6 heteroatoms. The smallest absolute Gasteiger partial charge is 0.177 e. The van der Waals surface area contributed by atoms with E-state index in [9.17, 15) is 4.79 Å². The van der Waals surface area contributed by atoms with Crippen LogP contribution in [-0.2, 0) is 6.42 Å². The molecule has 0 saturated carbocycles. The van der Waals surface area contributed by atoms with E-state index in [1.54, 1.807) is 6.20 Å². The molecule has 0 radical (unpaired) electrons. The van der Waals surface area contributed by atoms with E-state index in [4.69, 9.17) is 0 Å². The fourth-order valence-electron chi connectivity index (χ4n) is 3.37. The van der Waals surface area contributed by atoms with Gasteiger partial charge in [-0.3, -0.25) is 4.79 Å². The number of aryl methyl sites for hydroxylation is 1. The van der Waals surface area contributed by atoms with E-state index in [-0.39, 0.29) is 11.7 Å². The molecule has 1 aliphatic rings. The molecule has 5 nitrogen and oxygen atoms in total. The Balaban J connectivity index is 1.65. The van der Waals surface area contributed by atoms with Gasteiger partial charge >= 0.3 is 0 Å². The zero-order chi connectivity index (χ0) is 16.5. The number of piperidine rings is 1. The molecular formula is C18H20N4OS. The number of thiophene rings is 1. The second-order valence-electron chi connectivity index (χ2n) is 6.19. The molecule has 1 fully saturated rings. The van der Waals surface area contributed by atoms with Crippen LogP contribution >= 0.6 is 11.3 Å². The number of carbonyl (C=O) groups is 1. The molecule has 24 heavy (non-hydrogen) atoms. The molecular weight excluding hydrogens is 320 g/mol. The van der Waals surface area contributed by atoms with Crippen molar-refractivity contribution in [3.8, 4) is 0 Å². The highest BCUT2D eigenvalue weighted by atomic mass is 32.1. The van der Waals surface area contributed by atoms with Crippen molar-refractivity contribution in [2.24, 2.45) is 5.92 Å². The van der Waals surface area contributed by atoms with Crippen molar-refractivity contribution >= 4 is 28.6 Å². The van der Waals surface area contributed by atoms with E-state index in [0.29, 0.717) is 0 Å². The number of fused-ring (bicyclic) bond motifs is 1. The Morgan fingerprint density at radius 1 is 1.42 bits per heavy atom. The van der Waals surface area contributed by atoms with Crippen LogP contribution < -0.4 is 4.90 Å². The molecule has 124 valence electrons. The van der Waals surface area contributed by atoms with Crippen molar-refractivity contribution < 1.29 is 4.79 Å². The normalized spacial score (nSPS) is 18.2. The van der Waals surface area contributed by atoms with E-state index < -0.39 is 0 Å². The van der Waals surface area contributed by atoms with Crippen LogP contribution in [0.25, 0.3) is 5.65 Å². The van der Waals surface area contributed by atoms with Crippen molar-refractivity contribution in [3.63, 3.8) is 0 Å². The number of hydrogen-bond acceptors (Lipinski definition) is 5.